The molecule has 3 rings (SSSR count). The molecule has 1 heterocycles. The highest BCUT2D eigenvalue weighted by atomic mass is 79.9. The van der Waals surface area contributed by atoms with Crippen LogP contribution in [0.3, 0.4) is 0 Å². The number of hydrogen-bond acceptors (Lipinski definition) is 4. The molecule has 0 bridgehead atoms. The van der Waals surface area contributed by atoms with Gasteiger partial charge in [0.2, 0.25) is 15.9 Å². The first-order chi connectivity index (χ1) is 12.9. The molecular formula is C18H17BrN4O3S. The summed E-state index contributed by atoms with van der Waals surface area (Å²) in [5.41, 5.74) is 1.43. The highest BCUT2D eigenvalue weighted by molar-refractivity contribution is 9.10. The second-order valence-corrected chi connectivity index (χ2v) is 8.33. The Morgan fingerprint density at radius 2 is 1.89 bits per heavy atom. The van der Waals surface area contributed by atoms with Gasteiger partial charge < -0.3 is 5.32 Å². The summed E-state index contributed by atoms with van der Waals surface area (Å²) in [6, 6.07) is 15.3. The Kier molecular flexibility index (Phi) is 6.04. The molecule has 7 nitrogen and oxygen atoms in total. The molecule has 0 saturated heterocycles. The number of nitrogens with one attached hydrogen (secondary N) is 2. The predicted octanol–water partition coefficient (Wildman–Crippen LogP) is 2.94. The minimum atomic E-state index is -3.64. The van der Waals surface area contributed by atoms with Gasteiger partial charge in [0.15, 0.2) is 0 Å². The monoisotopic (exact) mass is 448 g/mol. The van der Waals surface area contributed by atoms with Crippen molar-refractivity contribution in [2.24, 2.45) is 0 Å². The highest BCUT2D eigenvalue weighted by Crippen LogP contribution is 2.15. The number of anilines is 1. The fraction of sp³-hybridized carbons (Fsp3) is 0.111. The summed E-state index contributed by atoms with van der Waals surface area (Å²) in [6.45, 7) is 0.00305. The molecule has 0 radical (unpaired) electrons. The summed E-state index contributed by atoms with van der Waals surface area (Å²) in [4.78, 5) is 12.3. The van der Waals surface area contributed by atoms with Gasteiger partial charge >= 0.3 is 0 Å². The molecule has 0 aliphatic heterocycles. The fourth-order valence-electron chi connectivity index (χ4n) is 2.37. The summed E-state index contributed by atoms with van der Waals surface area (Å²) >= 11 is 3.26. The summed E-state index contributed by atoms with van der Waals surface area (Å²) in [5, 5.41) is 6.90. The van der Waals surface area contributed by atoms with Crippen molar-refractivity contribution in [3.63, 3.8) is 0 Å². The second-order valence-electron chi connectivity index (χ2n) is 5.65. The quantitative estimate of drug-likeness (QED) is 0.580. The van der Waals surface area contributed by atoms with Crippen LogP contribution >= 0.6 is 15.9 Å². The van der Waals surface area contributed by atoms with E-state index >= 15 is 0 Å². The van der Waals surface area contributed by atoms with E-state index in [0.29, 0.717) is 5.69 Å². The number of carbonyl (C=O) groups excluding carboxylic acids is 1. The van der Waals surface area contributed by atoms with Crippen molar-refractivity contribution >= 4 is 37.5 Å². The van der Waals surface area contributed by atoms with Crippen molar-refractivity contribution in [2.45, 2.75) is 11.3 Å². The lowest BCUT2D eigenvalue weighted by atomic mass is 10.2. The normalized spacial score (nSPS) is 11.3. The number of sulfonamides is 1. The Balaban J connectivity index is 1.54. The number of nitrogens with zero attached hydrogens (tertiary/aromatic N) is 2. The molecule has 27 heavy (non-hydrogen) atoms. The third-order valence-corrected chi connectivity index (χ3v) is 5.67. The highest BCUT2D eigenvalue weighted by Gasteiger charge is 2.14. The molecular weight excluding hydrogens is 432 g/mol. The van der Waals surface area contributed by atoms with Crippen LogP contribution in [-0.2, 0) is 14.8 Å². The molecule has 0 fully saturated rings. The maximum absolute atomic E-state index is 12.2. The Morgan fingerprint density at radius 3 is 2.59 bits per heavy atom. The topological polar surface area (TPSA) is 93.1 Å². The van der Waals surface area contributed by atoms with Crippen LogP contribution in [0.5, 0.6) is 0 Å². The van der Waals surface area contributed by atoms with Gasteiger partial charge in [-0.15, -0.1) is 0 Å². The van der Waals surface area contributed by atoms with Crippen molar-refractivity contribution in [1.82, 2.24) is 14.5 Å². The van der Waals surface area contributed by atoms with Crippen LogP contribution in [0.4, 0.5) is 5.69 Å². The van der Waals surface area contributed by atoms with Gasteiger partial charge in [0, 0.05) is 35.5 Å². The van der Waals surface area contributed by atoms with E-state index in [9.17, 15) is 13.2 Å². The third-order valence-electron chi connectivity index (χ3n) is 3.67. The average Bonchev–Trinajstić information content (AvgIpc) is 3.17. The summed E-state index contributed by atoms with van der Waals surface area (Å²) in [5.74, 6) is -0.286. The molecule has 0 aliphatic carbocycles. The molecule has 140 valence electrons. The van der Waals surface area contributed by atoms with Crippen molar-refractivity contribution in [2.75, 3.05) is 11.9 Å². The second kappa shape index (κ2) is 8.47. The van der Waals surface area contributed by atoms with Crippen LogP contribution < -0.4 is 10.0 Å². The first kappa shape index (κ1) is 19.3. The first-order valence-electron chi connectivity index (χ1n) is 8.09. The number of amides is 1. The standard InChI is InChI=1S/C18H17BrN4O3S/c19-14-5-7-17(8-6-14)27(25,26)21-11-9-18(24)22-15-3-1-4-16(13-15)23-12-2-10-20-23/h1-8,10,12-13,21H,9,11H2,(H,22,24). The Morgan fingerprint density at radius 1 is 1.11 bits per heavy atom. The first-order valence-corrected chi connectivity index (χ1v) is 10.4. The SMILES string of the molecule is O=C(CCNS(=O)(=O)c1ccc(Br)cc1)Nc1cccc(-n2cccn2)c1. The molecule has 0 unspecified atom stereocenters. The lowest BCUT2D eigenvalue weighted by Crippen LogP contribution is -2.27. The minimum absolute atomic E-state index is 0.00305. The van der Waals surface area contributed by atoms with Gasteiger partial charge in [-0.05, 0) is 48.5 Å². The molecule has 3 aromatic rings. The molecule has 1 amide bonds. The van der Waals surface area contributed by atoms with E-state index in [2.05, 4.69) is 31.1 Å². The third kappa shape index (κ3) is 5.25. The van der Waals surface area contributed by atoms with E-state index in [1.54, 1.807) is 41.3 Å². The van der Waals surface area contributed by atoms with Gasteiger partial charge in [-0.2, -0.15) is 5.10 Å². The van der Waals surface area contributed by atoms with E-state index in [1.165, 1.54) is 12.1 Å². The van der Waals surface area contributed by atoms with Crippen LogP contribution in [0.2, 0.25) is 0 Å². The molecule has 2 aromatic carbocycles. The van der Waals surface area contributed by atoms with Gasteiger partial charge in [-0.25, -0.2) is 17.8 Å². The minimum Gasteiger partial charge on any atom is -0.326 e. The Labute approximate surface area is 165 Å². The van der Waals surface area contributed by atoms with Gasteiger partial charge in [0.05, 0.1) is 10.6 Å². The van der Waals surface area contributed by atoms with E-state index in [4.69, 9.17) is 0 Å². The maximum atomic E-state index is 12.2. The summed E-state index contributed by atoms with van der Waals surface area (Å²) in [7, 11) is -3.64. The zero-order valence-electron chi connectivity index (χ0n) is 14.2. The van der Waals surface area contributed by atoms with Crippen molar-refractivity contribution < 1.29 is 13.2 Å². The lowest BCUT2D eigenvalue weighted by molar-refractivity contribution is -0.116. The molecule has 2 N–H and O–H groups in total. The average molecular weight is 449 g/mol. The van der Waals surface area contributed by atoms with Gasteiger partial charge in [-0.3, -0.25) is 4.79 Å². The maximum Gasteiger partial charge on any atom is 0.240 e. The molecule has 0 aliphatic rings. The Bertz CT molecular complexity index is 1020. The number of carbonyl (C=O) groups is 1. The Hall–Kier alpha value is -2.49. The van der Waals surface area contributed by atoms with E-state index < -0.39 is 10.0 Å². The van der Waals surface area contributed by atoms with Crippen molar-refractivity contribution in [3.05, 3.63) is 71.5 Å². The molecule has 0 saturated carbocycles. The summed E-state index contributed by atoms with van der Waals surface area (Å²) in [6.07, 6.45) is 3.49. The number of halogens is 1. The van der Waals surface area contributed by atoms with Crippen LogP contribution in [0.25, 0.3) is 5.69 Å². The van der Waals surface area contributed by atoms with Gasteiger partial charge in [-0.1, -0.05) is 22.0 Å². The number of aromatic nitrogens is 2. The summed E-state index contributed by atoms with van der Waals surface area (Å²) < 4.78 is 29.3. The van der Waals surface area contributed by atoms with E-state index in [-0.39, 0.29) is 23.8 Å². The largest absolute Gasteiger partial charge is 0.326 e. The molecule has 9 heteroatoms. The zero-order chi connectivity index (χ0) is 19.3. The van der Waals surface area contributed by atoms with Gasteiger partial charge in [0.25, 0.3) is 0 Å². The fourth-order valence-corrected chi connectivity index (χ4v) is 3.66. The van der Waals surface area contributed by atoms with Crippen LogP contribution in [-0.4, -0.2) is 30.7 Å². The number of hydrogen-bond donors (Lipinski definition) is 2. The molecule has 0 atom stereocenters. The van der Waals surface area contributed by atoms with Crippen LogP contribution in [0.1, 0.15) is 6.42 Å². The zero-order valence-corrected chi connectivity index (χ0v) is 16.6. The van der Waals surface area contributed by atoms with E-state index in [0.717, 1.165) is 10.2 Å². The smallest absolute Gasteiger partial charge is 0.240 e. The molecule has 0 spiro atoms. The van der Waals surface area contributed by atoms with Crippen molar-refractivity contribution in [3.8, 4) is 5.69 Å². The van der Waals surface area contributed by atoms with Crippen LogP contribution in [0, 0.1) is 0 Å². The number of rotatable bonds is 7. The van der Waals surface area contributed by atoms with Crippen molar-refractivity contribution in [1.29, 1.82) is 0 Å². The van der Waals surface area contributed by atoms with Gasteiger partial charge in [0.1, 0.15) is 0 Å². The number of benzene rings is 2. The predicted molar refractivity (Wildman–Crippen MR) is 106 cm³/mol. The van der Waals surface area contributed by atoms with Crippen LogP contribution in [0.15, 0.2) is 76.4 Å². The lowest BCUT2D eigenvalue weighted by Gasteiger charge is -2.09. The van der Waals surface area contributed by atoms with E-state index in [1.807, 2.05) is 18.2 Å². The molecule has 1 aromatic heterocycles.